The number of anilines is 1. The summed E-state index contributed by atoms with van der Waals surface area (Å²) in [6.45, 7) is 5.38. The second kappa shape index (κ2) is 9.59. The molecular weight excluding hydrogens is 428 g/mol. The second-order valence-electron chi connectivity index (χ2n) is 7.03. The highest BCUT2D eigenvalue weighted by atomic mass is 32.2. The predicted octanol–water partition coefficient (Wildman–Crippen LogP) is 4.44. The minimum atomic E-state index is 0.481. The predicted molar refractivity (Wildman–Crippen MR) is 128 cm³/mol. The lowest BCUT2D eigenvalue weighted by Crippen LogP contribution is -2.06. The van der Waals surface area contributed by atoms with E-state index >= 15 is 0 Å². The molecule has 0 aliphatic heterocycles. The number of hydrogen-bond donors (Lipinski definition) is 2. The molecule has 0 unspecified atom stereocenters. The number of ether oxygens (including phenoxy) is 1. The molecule has 9 heteroatoms. The van der Waals surface area contributed by atoms with Crippen molar-refractivity contribution < 1.29 is 4.74 Å². The average Bonchev–Trinajstić information content (AvgIpc) is 3.18. The molecule has 0 radical (unpaired) electrons. The van der Waals surface area contributed by atoms with Crippen molar-refractivity contribution in [3.8, 4) is 17.0 Å². The first-order chi connectivity index (χ1) is 15.1. The van der Waals surface area contributed by atoms with E-state index in [4.69, 9.17) is 15.5 Å². The van der Waals surface area contributed by atoms with Crippen molar-refractivity contribution in [2.24, 2.45) is 5.73 Å². The fraction of sp³-hybridized carbons (Fsp3) is 0.273. The Hall–Kier alpha value is -2.75. The average molecular weight is 453 g/mol. The molecule has 2 aromatic heterocycles. The molecule has 0 fully saturated rings. The molecular formula is C22H24N6OS2. The Kier molecular flexibility index (Phi) is 6.64. The summed E-state index contributed by atoms with van der Waals surface area (Å²) in [6, 6.07) is 10.3. The van der Waals surface area contributed by atoms with Crippen LogP contribution in [-0.4, -0.2) is 39.6 Å². The zero-order valence-electron chi connectivity index (χ0n) is 17.7. The van der Waals surface area contributed by atoms with Crippen LogP contribution in [0, 0.1) is 13.8 Å². The molecule has 0 spiro atoms. The number of rotatable bonds is 8. The van der Waals surface area contributed by atoms with Crippen LogP contribution in [0.1, 0.15) is 16.1 Å². The molecule has 0 aliphatic carbocycles. The van der Waals surface area contributed by atoms with Crippen LogP contribution in [0.3, 0.4) is 0 Å². The quantitative estimate of drug-likeness (QED) is 0.379. The normalized spacial score (nSPS) is 11.1. The standard InChI is InChI=1S/C22H24N6OS2/c1-13-8-16(30-7-6-23)9-14(2)21(13)18-11-25-28-22(27-18)24-12-20-26-17-10-15(29-3)4-5-19(17)31-20/h4-5,8-11H,6-7,12,23H2,1-3H3,(H,24,27,28). The van der Waals surface area contributed by atoms with Gasteiger partial charge < -0.3 is 15.8 Å². The minimum Gasteiger partial charge on any atom is -0.497 e. The summed E-state index contributed by atoms with van der Waals surface area (Å²) >= 11 is 3.40. The zero-order valence-corrected chi connectivity index (χ0v) is 19.3. The first kappa shape index (κ1) is 21.5. The number of thiazole rings is 1. The van der Waals surface area contributed by atoms with Gasteiger partial charge in [-0.05, 0) is 49.2 Å². The smallest absolute Gasteiger partial charge is 0.243 e. The lowest BCUT2D eigenvalue weighted by molar-refractivity contribution is 0.415. The summed E-state index contributed by atoms with van der Waals surface area (Å²) in [5.41, 5.74) is 10.8. The number of nitrogens with one attached hydrogen (secondary N) is 1. The van der Waals surface area contributed by atoms with Crippen LogP contribution in [0.15, 0.2) is 41.4 Å². The number of aryl methyl sites for hydroxylation is 2. The number of aromatic nitrogens is 4. The molecule has 4 aromatic rings. The number of thioether (sulfide) groups is 1. The maximum absolute atomic E-state index is 5.63. The fourth-order valence-electron chi connectivity index (χ4n) is 3.40. The highest BCUT2D eigenvalue weighted by Crippen LogP contribution is 2.31. The van der Waals surface area contributed by atoms with Gasteiger partial charge in [0.1, 0.15) is 10.8 Å². The van der Waals surface area contributed by atoms with Crippen molar-refractivity contribution in [2.75, 3.05) is 24.7 Å². The fourth-order valence-corrected chi connectivity index (χ4v) is 5.16. The van der Waals surface area contributed by atoms with Crippen molar-refractivity contribution in [3.05, 3.63) is 52.7 Å². The maximum Gasteiger partial charge on any atom is 0.243 e. The number of nitrogens with two attached hydrogens (primary N) is 1. The third kappa shape index (κ3) is 4.95. The first-order valence-electron chi connectivity index (χ1n) is 9.89. The van der Waals surface area contributed by atoms with Gasteiger partial charge in [-0.2, -0.15) is 5.10 Å². The van der Waals surface area contributed by atoms with Crippen LogP contribution in [0.4, 0.5) is 5.95 Å². The lowest BCUT2D eigenvalue weighted by Gasteiger charge is -2.12. The third-order valence-corrected chi connectivity index (χ3v) is 6.79. The van der Waals surface area contributed by atoms with Crippen LogP contribution >= 0.6 is 23.1 Å². The lowest BCUT2D eigenvalue weighted by atomic mass is 10.0. The molecule has 0 saturated heterocycles. The highest BCUT2D eigenvalue weighted by Gasteiger charge is 2.12. The Bertz CT molecular complexity index is 1190. The molecule has 4 rings (SSSR count). The molecule has 7 nitrogen and oxygen atoms in total. The van der Waals surface area contributed by atoms with Gasteiger partial charge >= 0.3 is 0 Å². The molecule has 0 amide bonds. The van der Waals surface area contributed by atoms with Crippen molar-refractivity contribution in [3.63, 3.8) is 0 Å². The summed E-state index contributed by atoms with van der Waals surface area (Å²) in [5, 5.41) is 12.5. The summed E-state index contributed by atoms with van der Waals surface area (Å²) in [4.78, 5) is 10.6. The second-order valence-corrected chi connectivity index (χ2v) is 9.31. The van der Waals surface area contributed by atoms with E-state index in [9.17, 15) is 0 Å². The minimum absolute atomic E-state index is 0.481. The summed E-state index contributed by atoms with van der Waals surface area (Å²) in [6.07, 6.45) is 1.71. The number of benzene rings is 2. The molecule has 3 N–H and O–H groups in total. The molecule has 2 heterocycles. The van der Waals surface area contributed by atoms with Gasteiger partial charge in [-0.1, -0.05) is 0 Å². The highest BCUT2D eigenvalue weighted by molar-refractivity contribution is 7.99. The molecule has 0 bridgehead atoms. The summed E-state index contributed by atoms with van der Waals surface area (Å²) in [5.74, 6) is 2.19. The van der Waals surface area contributed by atoms with Crippen LogP contribution in [0.2, 0.25) is 0 Å². The van der Waals surface area contributed by atoms with E-state index in [1.165, 1.54) is 4.90 Å². The van der Waals surface area contributed by atoms with Gasteiger partial charge in [0, 0.05) is 28.8 Å². The number of hydrogen-bond acceptors (Lipinski definition) is 9. The summed E-state index contributed by atoms with van der Waals surface area (Å²) in [7, 11) is 1.66. The number of nitrogens with zero attached hydrogens (tertiary/aromatic N) is 4. The van der Waals surface area contributed by atoms with Crippen molar-refractivity contribution >= 4 is 39.3 Å². The van der Waals surface area contributed by atoms with Crippen LogP contribution in [0.5, 0.6) is 5.75 Å². The molecule has 31 heavy (non-hydrogen) atoms. The van der Waals surface area contributed by atoms with E-state index in [0.29, 0.717) is 19.0 Å². The van der Waals surface area contributed by atoms with Gasteiger partial charge in [-0.3, -0.25) is 0 Å². The van der Waals surface area contributed by atoms with Gasteiger partial charge in [0.05, 0.1) is 35.8 Å². The van der Waals surface area contributed by atoms with Gasteiger partial charge in [0.2, 0.25) is 5.95 Å². The monoisotopic (exact) mass is 452 g/mol. The van der Waals surface area contributed by atoms with Crippen molar-refractivity contribution in [2.45, 2.75) is 25.3 Å². The Morgan fingerprint density at radius 2 is 1.94 bits per heavy atom. The maximum atomic E-state index is 5.63. The number of fused-ring (bicyclic) bond motifs is 1. The van der Waals surface area contributed by atoms with E-state index in [0.717, 1.165) is 49.1 Å². The van der Waals surface area contributed by atoms with E-state index in [2.05, 4.69) is 46.5 Å². The topological polar surface area (TPSA) is 98.8 Å². The van der Waals surface area contributed by atoms with E-state index in [1.54, 1.807) is 36.4 Å². The van der Waals surface area contributed by atoms with Crippen LogP contribution < -0.4 is 15.8 Å². The Labute approximate surface area is 189 Å². The van der Waals surface area contributed by atoms with Crippen molar-refractivity contribution in [1.82, 2.24) is 20.2 Å². The van der Waals surface area contributed by atoms with Gasteiger partial charge in [-0.15, -0.1) is 28.2 Å². The largest absolute Gasteiger partial charge is 0.497 e. The van der Waals surface area contributed by atoms with E-state index in [-0.39, 0.29) is 0 Å². The molecule has 0 saturated carbocycles. The Balaban J connectivity index is 1.52. The zero-order chi connectivity index (χ0) is 21.8. The Morgan fingerprint density at radius 3 is 2.68 bits per heavy atom. The SMILES string of the molecule is COc1ccc2sc(CNc3nncc(-c4c(C)cc(SCCN)cc4C)n3)nc2c1. The molecule has 160 valence electrons. The number of methoxy groups -OCH3 is 1. The van der Waals surface area contributed by atoms with Crippen molar-refractivity contribution in [1.29, 1.82) is 0 Å². The third-order valence-electron chi connectivity index (χ3n) is 4.74. The molecule has 0 aliphatic rings. The van der Waals surface area contributed by atoms with Gasteiger partial charge in [0.15, 0.2) is 0 Å². The Morgan fingerprint density at radius 1 is 1.13 bits per heavy atom. The van der Waals surface area contributed by atoms with Crippen LogP contribution in [0.25, 0.3) is 21.5 Å². The van der Waals surface area contributed by atoms with Gasteiger partial charge in [0.25, 0.3) is 0 Å². The van der Waals surface area contributed by atoms with E-state index < -0.39 is 0 Å². The summed E-state index contributed by atoms with van der Waals surface area (Å²) < 4.78 is 6.39. The molecule has 2 aromatic carbocycles. The first-order valence-corrected chi connectivity index (χ1v) is 11.7. The molecule has 0 atom stereocenters. The van der Waals surface area contributed by atoms with Gasteiger partial charge in [-0.25, -0.2) is 9.97 Å². The van der Waals surface area contributed by atoms with Crippen LogP contribution in [-0.2, 0) is 6.54 Å². The van der Waals surface area contributed by atoms with E-state index in [1.807, 2.05) is 18.2 Å².